The van der Waals surface area contributed by atoms with Gasteiger partial charge in [-0.05, 0) is 0 Å². The highest BCUT2D eigenvalue weighted by Gasteiger charge is 2.11. The van der Waals surface area contributed by atoms with Crippen LogP contribution in [0, 0.1) is 0 Å². The van der Waals surface area contributed by atoms with Crippen LogP contribution >= 0.6 is 0 Å². The summed E-state index contributed by atoms with van der Waals surface area (Å²) in [7, 11) is -0.245. The molecule has 0 atom stereocenters. The summed E-state index contributed by atoms with van der Waals surface area (Å²) >= 11 is 0. The molecule has 0 rings (SSSR count). The van der Waals surface area contributed by atoms with Gasteiger partial charge in [0.1, 0.15) is 0 Å². The van der Waals surface area contributed by atoms with E-state index in [1.807, 2.05) is 0 Å². The number of unbranched alkanes of at least 4 members (excludes halogenated alkanes) is 5. The minimum Gasteiger partial charge on any atom is -0.0720 e. The van der Waals surface area contributed by atoms with E-state index in [9.17, 15) is 0 Å². The first kappa shape index (κ1) is 13.4. The molecule has 0 unspecified atom stereocenters. The van der Waals surface area contributed by atoms with E-state index in [1.54, 1.807) is 12.5 Å². The molecule has 80 valence electrons. The van der Waals surface area contributed by atoms with Gasteiger partial charge in [0.15, 0.2) is 0 Å². The van der Waals surface area contributed by atoms with E-state index in [0.29, 0.717) is 9.04 Å². The molecule has 13 heavy (non-hydrogen) atoms. The molecule has 0 bridgehead atoms. The Bertz CT molecular complexity index is 105. The topological polar surface area (TPSA) is 0 Å². The highest BCUT2D eigenvalue weighted by atomic mass is 29.2. The molecule has 0 nitrogen and oxygen atoms in total. The van der Waals surface area contributed by atoms with Crippen molar-refractivity contribution in [2.75, 3.05) is 0 Å². The SMILES string of the molecule is CCCCCCCC[SiH2][Si](C)(C)C. The molecular weight excluding hydrogens is 188 g/mol. The first-order valence-electron chi connectivity index (χ1n) is 6.06. The minimum absolute atomic E-state index is 0.349. The molecule has 0 aliphatic carbocycles. The van der Waals surface area contributed by atoms with Crippen LogP contribution in [0.25, 0.3) is 0 Å². The largest absolute Gasteiger partial charge is 0.0720 e. The molecule has 0 amide bonds. The number of hydrogen-bond donors (Lipinski definition) is 0. The number of hydrogen-bond acceptors (Lipinski definition) is 0. The van der Waals surface area contributed by atoms with E-state index in [0.717, 1.165) is 0 Å². The van der Waals surface area contributed by atoms with Gasteiger partial charge < -0.3 is 0 Å². The van der Waals surface area contributed by atoms with E-state index in [1.165, 1.54) is 32.1 Å². The van der Waals surface area contributed by atoms with Gasteiger partial charge in [-0.1, -0.05) is 71.1 Å². The molecule has 0 heterocycles. The second kappa shape index (κ2) is 7.80. The zero-order valence-electron chi connectivity index (χ0n) is 10.2. The molecule has 0 saturated carbocycles. The van der Waals surface area contributed by atoms with Gasteiger partial charge in [-0.2, -0.15) is 0 Å². The summed E-state index contributed by atoms with van der Waals surface area (Å²) in [5, 5.41) is 0. The third-order valence-electron chi connectivity index (χ3n) is 2.53. The molecule has 0 saturated heterocycles. The van der Waals surface area contributed by atoms with Crippen LogP contribution in [-0.2, 0) is 0 Å². The summed E-state index contributed by atoms with van der Waals surface area (Å²) in [5.74, 6) is 0. The fourth-order valence-electron chi connectivity index (χ4n) is 1.61. The van der Waals surface area contributed by atoms with Crippen LogP contribution in [-0.4, -0.2) is 16.6 Å². The van der Waals surface area contributed by atoms with Gasteiger partial charge in [-0.15, -0.1) is 0 Å². The summed E-state index contributed by atoms with van der Waals surface area (Å²) in [5.41, 5.74) is 0. The lowest BCUT2D eigenvalue weighted by atomic mass is 10.1. The quantitative estimate of drug-likeness (QED) is 0.428. The molecule has 0 aliphatic rings. The molecule has 0 aromatic carbocycles. The normalized spacial score (nSPS) is 12.9. The highest BCUT2D eigenvalue weighted by Crippen LogP contribution is 2.09. The van der Waals surface area contributed by atoms with E-state index in [2.05, 4.69) is 26.6 Å². The predicted octanol–water partition coefficient (Wildman–Crippen LogP) is 3.77. The van der Waals surface area contributed by atoms with Crippen molar-refractivity contribution in [3.8, 4) is 0 Å². The first-order chi connectivity index (χ1) is 6.06. The van der Waals surface area contributed by atoms with Crippen molar-refractivity contribution in [2.24, 2.45) is 0 Å². The van der Waals surface area contributed by atoms with Crippen molar-refractivity contribution in [3.05, 3.63) is 0 Å². The Balaban J connectivity index is 3.00. The summed E-state index contributed by atoms with van der Waals surface area (Å²) < 4.78 is 0. The molecule has 0 aromatic rings. The summed E-state index contributed by atoms with van der Waals surface area (Å²) in [6.45, 7) is 9.90. The van der Waals surface area contributed by atoms with Crippen molar-refractivity contribution in [1.29, 1.82) is 0 Å². The Hall–Kier alpha value is 0.434. The van der Waals surface area contributed by atoms with Crippen LogP contribution in [0.3, 0.4) is 0 Å². The first-order valence-corrected chi connectivity index (χ1v) is 12.9. The van der Waals surface area contributed by atoms with Gasteiger partial charge >= 0.3 is 0 Å². The lowest BCUT2D eigenvalue weighted by Crippen LogP contribution is -2.29. The molecule has 0 fully saturated rings. The van der Waals surface area contributed by atoms with E-state index in [-0.39, 0.29) is 0 Å². The molecule has 0 aliphatic heterocycles. The fraction of sp³-hybridized carbons (Fsp3) is 1.00. The molecule has 0 aromatic heterocycles. The van der Waals surface area contributed by atoms with E-state index in [4.69, 9.17) is 0 Å². The maximum absolute atomic E-state index is 2.54. The third kappa shape index (κ3) is 12.4. The zero-order chi connectivity index (χ0) is 10.2. The van der Waals surface area contributed by atoms with Crippen LogP contribution in [0.15, 0.2) is 0 Å². The lowest BCUT2D eigenvalue weighted by molar-refractivity contribution is 0.624. The average Bonchev–Trinajstić information content (AvgIpc) is 2.01. The Morgan fingerprint density at radius 1 is 0.846 bits per heavy atom. The highest BCUT2D eigenvalue weighted by molar-refractivity contribution is 7.23. The summed E-state index contributed by atoms with van der Waals surface area (Å²) in [6, 6.07) is 1.63. The van der Waals surface area contributed by atoms with Crippen molar-refractivity contribution in [3.63, 3.8) is 0 Å². The van der Waals surface area contributed by atoms with Crippen LogP contribution in [0.5, 0.6) is 0 Å². The number of rotatable bonds is 8. The van der Waals surface area contributed by atoms with Crippen LogP contribution < -0.4 is 0 Å². The molecular formula is C11H28Si2. The fourth-order valence-corrected chi connectivity index (χ4v) is 7.21. The second-order valence-corrected chi connectivity index (χ2v) is 19.6. The standard InChI is InChI=1S/C11H28Si2/c1-5-6-7-8-9-10-11-12-13(2,3)4/h5-12H2,1-4H3. The van der Waals surface area contributed by atoms with Crippen LogP contribution in [0.2, 0.25) is 25.7 Å². The van der Waals surface area contributed by atoms with Crippen molar-refractivity contribution < 1.29 is 0 Å². The maximum atomic E-state index is 2.54. The summed E-state index contributed by atoms with van der Waals surface area (Å²) in [6.07, 6.45) is 8.85. The minimum atomic E-state index is -0.594. The molecule has 2 heteroatoms. The van der Waals surface area contributed by atoms with Gasteiger partial charge in [0, 0.05) is 16.6 Å². The predicted molar refractivity (Wildman–Crippen MR) is 70.1 cm³/mol. The maximum Gasteiger partial charge on any atom is 0.0310 e. The lowest BCUT2D eigenvalue weighted by Gasteiger charge is -2.14. The smallest absolute Gasteiger partial charge is 0.0310 e. The van der Waals surface area contributed by atoms with Crippen LogP contribution in [0.4, 0.5) is 0 Å². The third-order valence-corrected chi connectivity index (χ3v) is 10.4. The Labute approximate surface area is 88.1 Å². The molecule has 0 radical (unpaired) electrons. The monoisotopic (exact) mass is 216 g/mol. The van der Waals surface area contributed by atoms with Gasteiger partial charge in [0.05, 0.1) is 0 Å². The van der Waals surface area contributed by atoms with Gasteiger partial charge in [-0.3, -0.25) is 0 Å². The van der Waals surface area contributed by atoms with Crippen molar-refractivity contribution in [1.82, 2.24) is 0 Å². The van der Waals surface area contributed by atoms with E-state index < -0.39 is 7.59 Å². The average molecular weight is 217 g/mol. The zero-order valence-corrected chi connectivity index (χ0v) is 12.6. The molecule has 0 N–H and O–H groups in total. The Morgan fingerprint density at radius 3 is 1.92 bits per heavy atom. The Morgan fingerprint density at radius 2 is 1.38 bits per heavy atom. The van der Waals surface area contributed by atoms with E-state index >= 15 is 0 Å². The van der Waals surface area contributed by atoms with Gasteiger partial charge in [0.2, 0.25) is 0 Å². The van der Waals surface area contributed by atoms with Crippen molar-refractivity contribution >= 4 is 16.6 Å². The summed E-state index contributed by atoms with van der Waals surface area (Å²) in [4.78, 5) is 0. The van der Waals surface area contributed by atoms with Gasteiger partial charge in [0.25, 0.3) is 0 Å². The Kier molecular flexibility index (Phi) is 8.06. The second-order valence-electron chi connectivity index (χ2n) is 5.43. The van der Waals surface area contributed by atoms with Crippen LogP contribution in [0.1, 0.15) is 45.4 Å². The van der Waals surface area contributed by atoms with Crippen molar-refractivity contribution in [2.45, 2.75) is 71.1 Å². The van der Waals surface area contributed by atoms with Gasteiger partial charge in [-0.25, -0.2) is 0 Å². The molecule has 0 spiro atoms.